The van der Waals surface area contributed by atoms with Gasteiger partial charge in [-0.25, -0.2) is 0 Å². The molecule has 0 unspecified atom stereocenters. The Kier molecular flexibility index (Phi) is 4.01. The molecule has 76 valence electrons. The first-order chi connectivity index (χ1) is 6.04. The van der Waals surface area contributed by atoms with E-state index in [2.05, 4.69) is 22.6 Å². The van der Waals surface area contributed by atoms with E-state index in [4.69, 9.17) is 4.74 Å². The molecule has 0 heterocycles. The first kappa shape index (κ1) is 11.3. The van der Waals surface area contributed by atoms with Crippen molar-refractivity contribution in [2.45, 2.75) is 50.1 Å². The van der Waals surface area contributed by atoms with Gasteiger partial charge in [-0.15, -0.1) is 0 Å². The third kappa shape index (κ3) is 3.11. The Hall–Kier alpha value is 0.200. The lowest BCUT2D eigenvalue weighted by Gasteiger charge is -2.31. The summed E-state index contributed by atoms with van der Waals surface area (Å²) in [4.78, 5) is 11.7. The van der Waals surface area contributed by atoms with Crippen molar-refractivity contribution in [1.82, 2.24) is 0 Å². The average molecular weight is 296 g/mol. The van der Waals surface area contributed by atoms with Gasteiger partial charge in [0.1, 0.15) is 4.11 Å². The standard InChI is InChI=1S/C10H17IO2/c1-8(11)13-9(12)10(2)6-4-3-5-7-10/h8H,3-7H2,1-2H3/t8-/m0/s1. The molecular weight excluding hydrogens is 279 g/mol. The van der Waals surface area contributed by atoms with Crippen molar-refractivity contribution in [2.75, 3.05) is 0 Å². The Morgan fingerprint density at radius 2 is 1.92 bits per heavy atom. The van der Waals surface area contributed by atoms with Gasteiger partial charge in [-0.05, 0) is 49.3 Å². The summed E-state index contributed by atoms with van der Waals surface area (Å²) in [6.07, 6.45) is 5.59. The van der Waals surface area contributed by atoms with E-state index in [0.29, 0.717) is 0 Å². The summed E-state index contributed by atoms with van der Waals surface area (Å²) in [5.74, 6) is -0.00546. The van der Waals surface area contributed by atoms with Gasteiger partial charge in [0.25, 0.3) is 0 Å². The van der Waals surface area contributed by atoms with E-state index in [1.807, 2.05) is 13.8 Å². The SMILES string of the molecule is C[C@@H](I)OC(=O)C1(C)CCCCC1. The molecule has 0 amide bonds. The Labute approximate surface area is 93.6 Å². The predicted octanol–water partition coefficient (Wildman–Crippen LogP) is 3.28. The molecule has 0 bridgehead atoms. The number of rotatable bonds is 2. The van der Waals surface area contributed by atoms with Crippen molar-refractivity contribution in [3.8, 4) is 0 Å². The van der Waals surface area contributed by atoms with Gasteiger partial charge in [0.05, 0.1) is 5.41 Å². The zero-order valence-corrected chi connectivity index (χ0v) is 10.5. The topological polar surface area (TPSA) is 26.3 Å². The van der Waals surface area contributed by atoms with Crippen LogP contribution >= 0.6 is 22.6 Å². The summed E-state index contributed by atoms with van der Waals surface area (Å²) < 4.78 is 5.23. The van der Waals surface area contributed by atoms with Gasteiger partial charge < -0.3 is 4.74 Å². The highest BCUT2D eigenvalue weighted by Crippen LogP contribution is 2.37. The van der Waals surface area contributed by atoms with Gasteiger partial charge in [-0.2, -0.15) is 0 Å². The Morgan fingerprint density at radius 1 is 1.38 bits per heavy atom. The lowest BCUT2D eigenvalue weighted by Crippen LogP contribution is -2.33. The molecule has 0 radical (unpaired) electrons. The molecule has 0 aromatic heterocycles. The minimum Gasteiger partial charge on any atom is -0.452 e. The second-order valence-corrected chi connectivity index (χ2v) is 5.82. The Morgan fingerprint density at radius 3 is 2.38 bits per heavy atom. The molecule has 0 aliphatic heterocycles. The van der Waals surface area contributed by atoms with Crippen LogP contribution in [0.1, 0.15) is 46.0 Å². The number of esters is 1. The molecule has 0 saturated heterocycles. The number of hydrogen-bond donors (Lipinski definition) is 0. The van der Waals surface area contributed by atoms with Crippen LogP contribution in [0.25, 0.3) is 0 Å². The third-order valence-corrected chi connectivity index (χ3v) is 2.97. The van der Waals surface area contributed by atoms with Crippen LogP contribution in [0.2, 0.25) is 0 Å². The van der Waals surface area contributed by atoms with Crippen LogP contribution in [0.5, 0.6) is 0 Å². The molecule has 1 fully saturated rings. The number of ether oxygens (including phenoxy) is 1. The monoisotopic (exact) mass is 296 g/mol. The lowest BCUT2D eigenvalue weighted by molar-refractivity contribution is -0.157. The van der Waals surface area contributed by atoms with Crippen molar-refractivity contribution >= 4 is 28.6 Å². The maximum Gasteiger partial charge on any atom is 0.312 e. The van der Waals surface area contributed by atoms with Gasteiger partial charge in [-0.1, -0.05) is 19.3 Å². The van der Waals surface area contributed by atoms with E-state index >= 15 is 0 Å². The zero-order chi connectivity index (χ0) is 9.90. The number of carbonyl (C=O) groups is 1. The molecule has 0 N–H and O–H groups in total. The normalized spacial score (nSPS) is 23.6. The van der Waals surface area contributed by atoms with Crippen LogP contribution in [-0.2, 0) is 9.53 Å². The molecule has 1 rings (SSSR count). The summed E-state index contributed by atoms with van der Waals surface area (Å²) >= 11 is 2.12. The van der Waals surface area contributed by atoms with Gasteiger partial charge in [0.15, 0.2) is 0 Å². The first-order valence-corrected chi connectivity index (χ1v) is 6.14. The van der Waals surface area contributed by atoms with Crippen LogP contribution in [0.4, 0.5) is 0 Å². The van der Waals surface area contributed by atoms with E-state index < -0.39 is 0 Å². The molecule has 1 atom stereocenters. The Bertz CT molecular complexity index is 183. The fourth-order valence-electron chi connectivity index (χ4n) is 1.83. The smallest absolute Gasteiger partial charge is 0.312 e. The predicted molar refractivity (Wildman–Crippen MR) is 60.8 cm³/mol. The highest BCUT2D eigenvalue weighted by Gasteiger charge is 2.36. The summed E-state index contributed by atoms with van der Waals surface area (Å²) in [6.45, 7) is 3.93. The molecule has 0 aromatic carbocycles. The average Bonchev–Trinajstić information content (AvgIpc) is 2.04. The molecular formula is C10H17IO2. The van der Waals surface area contributed by atoms with E-state index in [1.54, 1.807) is 0 Å². The van der Waals surface area contributed by atoms with Crippen molar-refractivity contribution in [3.05, 3.63) is 0 Å². The Balaban J connectivity index is 2.51. The van der Waals surface area contributed by atoms with Crippen molar-refractivity contribution in [2.24, 2.45) is 5.41 Å². The second-order valence-electron chi connectivity index (χ2n) is 4.07. The van der Waals surface area contributed by atoms with E-state index in [9.17, 15) is 4.79 Å². The fraction of sp³-hybridized carbons (Fsp3) is 0.900. The minimum atomic E-state index is -0.197. The van der Waals surface area contributed by atoms with Gasteiger partial charge >= 0.3 is 5.97 Å². The molecule has 0 spiro atoms. The van der Waals surface area contributed by atoms with Gasteiger partial charge in [0.2, 0.25) is 0 Å². The quantitative estimate of drug-likeness (QED) is 0.444. The van der Waals surface area contributed by atoms with Crippen LogP contribution in [0, 0.1) is 5.41 Å². The van der Waals surface area contributed by atoms with Crippen LogP contribution in [-0.4, -0.2) is 10.1 Å². The lowest BCUT2D eigenvalue weighted by atomic mass is 9.76. The number of alkyl halides is 1. The highest BCUT2D eigenvalue weighted by molar-refractivity contribution is 14.1. The molecule has 1 aliphatic rings. The van der Waals surface area contributed by atoms with E-state index in [-0.39, 0.29) is 15.5 Å². The van der Waals surface area contributed by atoms with E-state index in [1.165, 1.54) is 19.3 Å². The number of carbonyl (C=O) groups excluding carboxylic acids is 1. The summed E-state index contributed by atoms with van der Waals surface area (Å²) in [5, 5.41) is 0. The molecule has 13 heavy (non-hydrogen) atoms. The highest BCUT2D eigenvalue weighted by atomic mass is 127. The van der Waals surface area contributed by atoms with Crippen molar-refractivity contribution in [3.63, 3.8) is 0 Å². The summed E-state index contributed by atoms with van der Waals surface area (Å²) in [5.41, 5.74) is -0.197. The number of halogens is 1. The van der Waals surface area contributed by atoms with Crippen molar-refractivity contribution in [1.29, 1.82) is 0 Å². The van der Waals surface area contributed by atoms with Crippen molar-refractivity contribution < 1.29 is 9.53 Å². The second kappa shape index (κ2) is 4.62. The van der Waals surface area contributed by atoms with Crippen LogP contribution in [0.15, 0.2) is 0 Å². The third-order valence-electron chi connectivity index (χ3n) is 2.72. The largest absolute Gasteiger partial charge is 0.452 e. The first-order valence-electron chi connectivity index (χ1n) is 4.90. The fourth-order valence-corrected chi connectivity index (χ4v) is 2.06. The van der Waals surface area contributed by atoms with Gasteiger partial charge in [-0.3, -0.25) is 4.79 Å². The zero-order valence-electron chi connectivity index (χ0n) is 8.31. The van der Waals surface area contributed by atoms with Gasteiger partial charge in [0, 0.05) is 0 Å². The maximum absolute atomic E-state index is 11.7. The number of hydrogen-bond acceptors (Lipinski definition) is 2. The van der Waals surface area contributed by atoms with E-state index in [0.717, 1.165) is 12.8 Å². The molecule has 3 heteroatoms. The van der Waals surface area contributed by atoms with Crippen LogP contribution in [0.3, 0.4) is 0 Å². The molecule has 0 aromatic rings. The summed E-state index contributed by atoms with van der Waals surface area (Å²) in [6, 6.07) is 0. The maximum atomic E-state index is 11.7. The molecule has 2 nitrogen and oxygen atoms in total. The molecule has 1 saturated carbocycles. The van der Waals surface area contributed by atoms with Crippen LogP contribution < -0.4 is 0 Å². The molecule has 1 aliphatic carbocycles. The minimum absolute atomic E-state index is 0.00546. The summed E-state index contributed by atoms with van der Waals surface area (Å²) in [7, 11) is 0.